The van der Waals surface area contributed by atoms with Crippen LogP contribution in [0.15, 0.2) is 0 Å². The molecule has 0 aliphatic heterocycles. The molecule has 4 fully saturated rings. The van der Waals surface area contributed by atoms with E-state index in [4.69, 9.17) is 5.11 Å². The number of nitrogens with zero attached hydrogens (tertiary/aromatic N) is 1. The Labute approximate surface area is 129 Å². The van der Waals surface area contributed by atoms with Crippen LogP contribution in [0.3, 0.4) is 0 Å². The lowest BCUT2D eigenvalue weighted by Crippen LogP contribution is -2.48. The van der Waals surface area contributed by atoms with E-state index in [9.17, 15) is 4.79 Å². The van der Waals surface area contributed by atoms with Crippen molar-refractivity contribution < 1.29 is 9.90 Å². The van der Waals surface area contributed by atoms with Crippen molar-refractivity contribution in [3.8, 4) is 0 Å². The second-order valence-corrected chi connectivity index (χ2v) is 8.29. The fourth-order valence-corrected chi connectivity index (χ4v) is 5.86. The zero-order valence-corrected chi connectivity index (χ0v) is 13.7. The molecule has 0 aromatic rings. The molecule has 21 heavy (non-hydrogen) atoms. The van der Waals surface area contributed by atoms with Gasteiger partial charge in [-0.25, -0.2) is 0 Å². The van der Waals surface area contributed by atoms with E-state index < -0.39 is 5.97 Å². The Bertz CT molecular complexity index is 357. The van der Waals surface area contributed by atoms with Crippen LogP contribution in [0.25, 0.3) is 0 Å². The van der Waals surface area contributed by atoms with Crippen molar-refractivity contribution >= 4 is 5.97 Å². The number of carboxylic acids is 1. The summed E-state index contributed by atoms with van der Waals surface area (Å²) in [5, 5.41) is 9.15. The van der Waals surface area contributed by atoms with E-state index >= 15 is 0 Å². The Kier molecular flexibility index (Phi) is 4.31. The minimum absolute atomic E-state index is 0.210. The number of aliphatic carboxylic acids is 1. The molecule has 3 heteroatoms. The Balaban J connectivity index is 1.61. The van der Waals surface area contributed by atoms with Gasteiger partial charge in [0.05, 0.1) is 6.54 Å². The van der Waals surface area contributed by atoms with Crippen molar-refractivity contribution in [1.82, 2.24) is 4.90 Å². The summed E-state index contributed by atoms with van der Waals surface area (Å²) in [4.78, 5) is 13.3. The summed E-state index contributed by atoms with van der Waals surface area (Å²) >= 11 is 0. The average Bonchev–Trinajstić information content (AvgIpc) is 2.40. The quantitative estimate of drug-likeness (QED) is 0.776. The second kappa shape index (κ2) is 5.91. The third-order valence-electron chi connectivity index (χ3n) is 6.65. The van der Waals surface area contributed by atoms with E-state index in [1.54, 1.807) is 0 Å². The van der Waals surface area contributed by atoms with Gasteiger partial charge in [0.15, 0.2) is 0 Å². The molecule has 0 aromatic heterocycles. The maximum Gasteiger partial charge on any atom is 0.317 e. The van der Waals surface area contributed by atoms with E-state index in [1.165, 1.54) is 44.9 Å². The van der Waals surface area contributed by atoms with Gasteiger partial charge in [-0.2, -0.15) is 0 Å². The highest BCUT2D eigenvalue weighted by Gasteiger charge is 2.50. The first-order valence-electron chi connectivity index (χ1n) is 8.95. The Hall–Kier alpha value is -0.570. The van der Waals surface area contributed by atoms with Crippen molar-refractivity contribution in [3.05, 3.63) is 0 Å². The molecule has 4 aliphatic rings. The van der Waals surface area contributed by atoms with Gasteiger partial charge in [-0.3, -0.25) is 9.69 Å². The van der Waals surface area contributed by atoms with Crippen molar-refractivity contribution in [2.75, 3.05) is 13.1 Å². The van der Waals surface area contributed by atoms with Gasteiger partial charge in [-0.15, -0.1) is 0 Å². The van der Waals surface area contributed by atoms with Gasteiger partial charge in [0, 0.05) is 6.04 Å². The lowest BCUT2D eigenvalue weighted by atomic mass is 9.49. The average molecular weight is 293 g/mol. The number of hydrogen-bond donors (Lipinski definition) is 1. The molecule has 1 N–H and O–H groups in total. The summed E-state index contributed by atoms with van der Waals surface area (Å²) in [5.74, 6) is 2.30. The van der Waals surface area contributed by atoms with Gasteiger partial charge in [0.25, 0.3) is 0 Å². The maximum absolute atomic E-state index is 11.1. The Morgan fingerprint density at radius 3 is 2.14 bits per heavy atom. The molecule has 0 saturated heterocycles. The van der Waals surface area contributed by atoms with Gasteiger partial charge in [-0.1, -0.05) is 6.92 Å². The van der Waals surface area contributed by atoms with Crippen LogP contribution in [-0.2, 0) is 4.79 Å². The summed E-state index contributed by atoms with van der Waals surface area (Å²) in [6.45, 7) is 5.52. The Morgan fingerprint density at radius 2 is 1.71 bits per heavy atom. The molecule has 120 valence electrons. The van der Waals surface area contributed by atoms with Crippen LogP contribution < -0.4 is 0 Å². The number of rotatable bonds is 7. The summed E-state index contributed by atoms with van der Waals surface area (Å²) in [6, 6.07) is 0.384. The van der Waals surface area contributed by atoms with E-state index in [2.05, 4.69) is 18.7 Å². The normalized spacial score (nSPS) is 38.9. The first kappa shape index (κ1) is 15.3. The van der Waals surface area contributed by atoms with Gasteiger partial charge in [0.1, 0.15) is 0 Å². The monoisotopic (exact) mass is 293 g/mol. The van der Waals surface area contributed by atoms with Crippen LogP contribution >= 0.6 is 0 Å². The first-order chi connectivity index (χ1) is 9.99. The molecule has 3 nitrogen and oxygen atoms in total. The maximum atomic E-state index is 11.1. The van der Waals surface area contributed by atoms with Gasteiger partial charge in [-0.05, 0) is 88.0 Å². The van der Waals surface area contributed by atoms with Crippen LogP contribution in [0, 0.1) is 23.2 Å². The zero-order valence-electron chi connectivity index (χ0n) is 13.7. The molecule has 4 bridgehead atoms. The van der Waals surface area contributed by atoms with Crippen molar-refractivity contribution in [2.45, 2.75) is 71.3 Å². The smallest absolute Gasteiger partial charge is 0.317 e. The third-order valence-corrected chi connectivity index (χ3v) is 6.65. The highest BCUT2D eigenvalue weighted by molar-refractivity contribution is 5.69. The largest absolute Gasteiger partial charge is 0.480 e. The lowest BCUT2D eigenvalue weighted by molar-refractivity contribution is -0.139. The molecule has 0 aromatic carbocycles. The molecule has 0 heterocycles. The zero-order chi connectivity index (χ0) is 15.0. The van der Waals surface area contributed by atoms with Crippen LogP contribution in [0.5, 0.6) is 0 Å². The molecular formula is C18H31NO2. The second-order valence-electron chi connectivity index (χ2n) is 8.29. The van der Waals surface area contributed by atoms with Gasteiger partial charge < -0.3 is 5.11 Å². The van der Waals surface area contributed by atoms with Crippen LogP contribution in [0.2, 0.25) is 0 Å². The highest BCUT2D eigenvalue weighted by Crippen LogP contribution is 2.61. The van der Waals surface area contributed by atoms with Crippen LogP contribution in [-0.4, -0.2) is 35.1 Å². The van der Waals surface area contributed by atoms with E-state index in [-0.39, 0.29) is 6.54 Å². The molecule has 0 spiro atoms. The standard InChI is InChI=1S/C18H31NO2/c1-3-13(2)19(12-17(20)21)5-4-18-9-14-6-15(10-18)8-16(7-14)11-18/h13-16H,3-12H2,1-2H3,(H,20,21). The van der Waals surface area contributed by atoms with Crippen molar-refractivity contribution in [1.29, 1.82) is 0 Å². The fourth-order valence-electron chi connectivity index (χ4n) is 5.86. The van der Waals surface area contributed by atoms with E-state index in [1.807, 2.05) is 0 Å². The number of carboxylic acid groups (broad SMARTS) is 1. The van der Waals surface area contributed by atoms with Crippen molar-refractivity contribution in [2.24, 2.45) is 23.2 Å². The molecule has 1 unspecified atom stereocenters. The third kappa shape index (κ3) is 3.28. The first-order valence-corrected chi connectivity index (χ1v) is 8.95. The number of hydrogen-bond acceptors (Lipinski definition) is 2. The summed E-state index contributed by atoms with van der Waals surface area (Å²) in [6.07, 6.45) is 11.0. The van der Waals surface area contributed by atoms with Crippen LogP contribution in [0.4, 0.5) is 0 Å². The molecule has 4 saturated carbocycles. The minimum atomic E-state index is -0.680. The number of carbonyl (C=O) groups is 1. The predicted molar refractivity (Wildman–Crippen MR) is 84.2 cm³/mol. The molecule has 0 amide bonds. The molecular weight excluding hydrogens is 262 g/mol. The minimum Gasteiger partial charge on any atom is -0.480 e. The van der Waals surface area contributed by atoms with Gasteiger partial charge in [0.2, 0.25) is 0 Å². The topological polar surface area (TPSA) is 40.5 Å². The summed E-state index contributed by atoms with van der Waals surface area (Å²) in [5.41, 5.74) is 0.568. The molecule has 0 radical (unpaired) electrons. The predicted octanol–water partition coefficient (Wildman–Crippen LogP) is 3.78. The van der Waals surface area contributed by atoms with Gasteiger partial charge >= 0.3 is 5.97 Å². The highest BCUT2D eigenvalue weighted by atomic mass is 16.4. The Morgan fingerprint density at radius 1 is 1.19 bits per heavy atom. The van der Waals surface area contributed by atoms with E-state index in [0.717, 1.165) is 30.7 Å². The molecule has 1 atom stereocenters. The lowest BCUT2D eigenvalue weighted by Gasteiger charge is -2.57. The summed E-state index contributed by atoms with van der Waals surface area (Å²) < 4.78 is 0. The van der Waals surface area contributed by atoms with Crippen molar-refractivity contribution in [3.63, 3.8) is 0 Å². The molecule has 4 rings (SSSR count). The van der Waals surface area contributed by atoms with E-state index in [0.29, 0.717) is 11.5 Å². The molecule has 4 aliphatic carbocycles. The summed E-state index contributed by atoms with van der Waals surface area (Å²) in [7, 11) is 0. The SMILES string of the molecule is CCC(C)N(CCC12CC3CC(CC(C3)C1)C2)CC(=O)O. The fraction of sp³-hybridized carbons (Fsp3) is 0.944. The van der Waals surface area contributed by atoms with Crippen LogP contribution in [0.1, 0.15) is 65.2 Å².